The van der Waals surface area contributed by atoms with Gasteiger partial charge in [0, 0.05) is 13.1 Å². The summed E-state index contributed by atoms with van der Waals surface area (Å²) in [6.07, 6.45) is 0.445. The van der Waals surface area contributed by atoms with Crippen LogP contribution in [0.2, 0.25) is 0 Å². The summed E-state index contributed by atoms with van der Waals surface area (Å²) in [7, 11) is 0. The highest BCUT2D eigenvalue weighted by molar-refractivity contribution is 5.31. The molecule has 0 fully saturated rings. The van der Waals surface area contributed by atoms with Gasteiger partial charge in [-0.05, 0) is 47.1 Å². The lowest BCUT2D eigenvalue weighted by Crippen LogP contribution is -2.33. The molecule has 0 aromatic heterocycles. The fourth-order valence-corrected chi connectivity index (χ4v) is 3.75. The monoisotopic (exact) mass is 417 g/mol. The van der Waals surface area contributed by atoms with Crippen LogP contribution in [0.3, 0.4) is 0 Å². The quantitative estimate of drug-likeness (QED) is 0.508. The Kier molecular flexibility index (Phi) is 8.68. The SMILES string of the molecule is CC(C)(C)CC(C)(C)c1ccc(OC[C@H](O)CNCCOc2ccccc2F)cc1. The molecule has 4 nitrogen and oxygen atoms in total. The minimum absolute atomic E-state index is 0.0882. The van der Waals surface area contributed by atoms with Gasteiger partial charge in [0.05, 0.1) is 0 Å². The Hall–Kier alpha value is -2.11. The van der Waals surface area contributed by atoms with Gasteiger partial charge in [0.25, 0.3) is 0 Å². The Morgan fingerprint density at radius 2 is 1.63 bits per heavy atom. The third-order valence-corrected chi connectivity index (χ3v) is 4.80. The van der Waals surface area contributed by atoms with Crippen LogP contribution < -0.4 is 14.8 Å². The van der Waals surface area contributed by atoms with Crippen molar-refractivity contribution in [3.63, 3.8) is 0 Å². The highest BCUT2D eigenvalue weighted by Gasteiger charge is 2.27. The maximum Gasteiger partial charge on any atom is 0.165 e. The number of aliphatic hydroxyl groups is 1. The van der Waals surface area contributed by atoms with E-state index < -0.39 is 6.10 Å². The first-order valence-corrected chi connectivity index (χ1v) is 10.6. The lowest BCUT2D eigenvalue weighted by Gasteiger charge is -2.33. The van der Waals surface area contributed by atoms with E-state index in [0.717, 1.165) is 12.2 Å². The lowest BCUT2D eigenvalue weighted by atomic mass is 9.72. The fourth-order valence-electron chi connectivity index (χ4n) is 3.75. The summed E-state index contributed by atoms with van der Waals surface area (Å²) in [5.74, 6) is 0.600. The third kappa shape index (κ3) is 8.33. The number of benzene rings is 2. The molecular weight excluding hydrogens is 381 g/mol. The first kappa shape index (κ1) is 24.2. The zero-order valence-electron chi connectivity index (χ0n) is 18.9. The molecule has 0 spiro atoms. The molecule has 0 aliphatic rings. The van der Waals surface area contributed by atoms with Gasteiger partial charge in [0.15, 0.2) is 11.6 Å². The molecule has 2 aromatic carbocycles. The smallest absolute Gasteiger partial charge is 0.165 e. The van der Waals surface area contributed by atoms with E-state index in [1.807, 2.05) is 12.1 Å². The van der Waals surface area contributed by atoms with Crippen molar-refractivity contribution >= 4 is 0 Å². The van der Waals surface area contributed by atoms with Crippen LogP contribution in [0, 0.1) is 11.2 Å². The molecule has 0 aliphatic carbocycles. The molecule has 1 atom stereocenters. The van der Waals surface area contributed by atoms with Crippen LogP contribution in [0.1, 0.15) is 46.6 Å². The van der Waals surface area contributed by atoms with E-state index >= 15 is 0 Å². The van der Waals surface area contributed by atoms with Crippen LogP contribution in [0.4, 0.5) is 4.39 Å². The van der Waals surface area contributed by atoms with Crippen molar-refractivity contribution < 1.29 is 19.0 Å². The number of rotatable bonds is 11. The van der Waals surface area contributed by atoms with Crippen molar-refractivity contribution in [1.82, 2.24) is 5.32 Å². The number of ether oxygens (including phenoxy) is 2. The van der Waals surface area contributed by atoms with Crippen molar-refractivity contribution in [2.45, 2.75) is 52.6 Å². The summed E-state index contributed by atoms with van der Waals surface area (Å²) in [5, 5.41) is 13.2. The van der Waals surface area contributed by atoms with E-state index in [4.69, 9.17) is 9.47 Å². The van der Waals surface area contributed by atoms with Gasteiger partial charge in [-0.1, -0.05) is 58.9 Å². The predicted octanol–water partition coefficient (Wildman–Crippen LogP) is 4.95. The molecular formula is C25H36FNO3. The van der Waals surface area contributed by atoms with Crippen molar-refractivity contribution in [3.8, 4) is 11.5 Å². The Morgan fingerprint density at radius 3 is 2.27 bits per heavy atom. The molecule has 2 N–H and O–H groups in total. The third-order valence-electron chi connectivity index (χ3n) is 4.80. The van der Waals surface area contributed by atoms with Gasteiger partial charge in [-0.2, -0.15) is 0 Å². The molecule has 0 saturated carbocycles. The number of halogens is 1. The highest BCUT2D eigenvalue weighted by Crippen LogP contribution is 2.36. The molecule has 0 saturated heterocycles. The average Bonchev–Trinajstić information content (AvgIpc) is 2.66. The molecule has 166 valence electrons. The maximum absolute atomic E-state index is 13.4. The van der Waals surface area contributed by atoms with Crippen molar-refractivity contribution in [3.05, 3.63) is 59.9 Å². The van der Waals surface area contributed by atoms with Gasteiger partial charge in [-0.3, -0.25) is 0 Å². The molecule has 0 bridgehead atoms. The molecule has 0 aliphatic heterocycles. The Balaban J connectivity index is 1.68. The van der Waals surface area contributed by atoms with Crippen molar-refractivity contribution in [2.75, 3.05) is 26.3 Å². The van der Waals surface area contributed by atoms with Gasteiger partial charge >= 0.3 is 0 Å². The number of hydrogen-bond acceptors (Lipinski definition) is 4. The van der Waals surface area contributed by atoms with Gasteiger partial charge in [0.1, 0.15) is 25.1 Å². The molecule has 0 amide bonds. The largest absolute Gasteiger partial charge is 0.491 e. The van der Waals surface area contributed by atoms with Crippen molar-refractivity contribution in [1.29, 1.82) is 0 Å². The number of aliphatic hydroxyl groups excluding tert-OH is 1. The number of hydrogen-bond donors (Lipinski definition) is 2. The van der Waals surface area contributed by atoms with E-state index in [9.17, 15) is 9.50 Å². The molecule has 5 heteroatoms. The van der Waals surface area contributed by atoms with Crippen LogP contribution in [0.5, 0.6) is 11.5 Å². The molecule has 0 unspecified atom stereocenters. The standard InChI is InChI=1S/C25H36FNO3/c1-24(2,3)18-25(4,5)19-10-12-21(13-11-19)30-17-20(28)16-27-14-15-29-23-9-7-6-8-22(23)26/h6-13,20,27-28H,14-18H2,1-5H3/t20-/m1/s1. The highest BCUT2D eigenvalue weighted by atomic mass is 19.1. The summed E-state index contributed by atoms with van der Waals surface area (Å²) >= 11 is 0. The lowest BCUT2D eigenvalue weighted by molar-refractivity contribution is 0.105. The summed E-state index contributed by atoms with van der Waals surface area (Å²) in [4.78, 5) is 0. The summed E-state index contributed by atoms with van der Waals surface area (Å²) < 4.78 is 24.5. The second-order valence-corrected chi connectivity index (χ2v) is 9.59. The number of para-hydroxylation sites is 1. The second kappa shape index (κ2) is 10.8. The molecule has 0 heterocycles. The molecule has 2 rings (SSSR count). The van der Waals surface area contributed by atoms with E-state index in [0.29, 0.717) is 19.7 Å². The van der Waals surface area contributed by atoms with Crippen LogP contribution in [0.15, 0.2) is 48.5 Å². The summed E-state index contributed by atoms with van der Waals surface area (Å²) in [5.41, 5.74) is 1.63. The minimum atomic E-state index is -0.643. The summed E-state index contributed by atoms with van der Waals surface area (Å²) in [6, 6.07) is 14.4. The Labute approximate surface area is 180 Å². The fraction of sp³-hybridized carbons (Fsp3) is 0.520. The average molecular weight is 418 g/mol. The first-order chi connectivity index (χ1) is 14.1. The molecule has 0 radical (unpaired) electrons. The topological polar surface area (TPSA) is 50.7 Å². The van der Waals surface area contributed by atoms with Crippen LogP contribution in [-0.4, -0.2) is 37.5 Å². The molecule has 30 heavy (non-hydrogen) atoms. The zero-order valence-corrected chi connectivity index (χ0v) is 18.9. The predicted molar refractivity (Wildman–Crippen MR) is 120 cm³/mol. The minimum Gasteiger partial charge on any atom is -0.491 e. The van der Waals surface area contributed by atoms with E-state index in [1.165, 1.54) is 11.6 Å². The maximum atomic E-state index is 13.4. The van der Waals surface area contributed by atoms with E-state index in [1.54, 1.807) is 18.2 Å². The van der Waals surface area contributed by atoms with Gasteiger partial charge in [-0.25, -0.2) is 4.39 Å². The second-order valence-electron chi connectivity index (χ2n) is 9.59. The normalized spacial score (nSPS) is 13.2. The van der Waals surface area contributed by atoms with E-state index in [2.05, 4.69) is 52.1 Å². The van der Waals surface area contributed by atoms with Crippen LogP contribution >= 0.6 is 0 Å². The first-order valence-electron chi connectivity index (χ1n) is 10.6. The van der Waals surface area contributed by atoms with E-state index in [-0.39, 0.29) is 29.0 Å². The van der Waals surface area contributed by atoms with Crippen LogP contribution in [-0.2, 0) is 5.41 Å². The van der Waals surface area contributed by atoms with Gasteiger partial charge in [0.2, 0.25) is 0 Å². The zero-order chi connectivity index (χ0) is 22.2. The van der Waals surface area contributed by atoms with Crippen molar-refractivity contribution in [2.24, 2.45) is 5.41 Å². The van der Waals surface area contributed by atoms with Gasteiger partial charge < -0.3 is 19.9 Å². The summed E-state index contributed by atoms with van der Waals surface area (Å²) in [6.45, 7) is 12.7. The van der Waals surface area contributed by atoms with Crippen LogP contribution in [0.25, 0.3) is 0 Å². The Morgan fingerprint density at radius 1 is 0.967 bits per heavy atom. The number of nitrogens with one attached hydrogen (secondary N) is 1. The Bertz CT molecular complexity index is 769. The molecule has 2 aromatic rings. The van der Waals surface area contributed by atoms with Gasteiger partial charge in [-0.15, -0.1) is 0 Å².